The van der Waals surface area contributed by atoms with Gasteiger partial charge in [-0.1, -0.05) is 46.3 Å². The Labute approximate surface area is 158 Å². The number of hydrogen-bond acceptors (Lipinski definition) is 4. The summed E-state index contributed by atoms with van der Waals surface area (Å²) in [6.07, 6.45) is 1.83. The molecular formula is C20H15BrO3S. The molecule has 1 atom stereocenters. The SMILES string of the molecule is COC(=O)C1=CCOc2c(sc3ccc(Br)cc23)[C@@H]1c1ccccc1. The molecule has 5 heteroatoms. The van der Waals surface area contributed by atoms with Crippen molar-refractivity contribution >= 4 is 43.3 Å². The first-order valence-electron chi connectivity index (χ1n) is 7.87. The normalized spacial score (nSPS) is 16.6. The van der Waals surface area contributed by atoms with Gasteiger partial charge in [-0.2, -0.15) is 0 Å². The lowest BCUT2D eigenvalue weighted by Gasteiger charge is -2.17. The van der Waals surface area contributed by atoms with E-state index in [1.165, 1.54) is 7.11 Å². The minimum atomic E-state index is -0.316. The van der Waals surface area contributed by atoms with Gasteiger partial charge in [0.1, 0.15) is 12.4 Å². The first kappa shape index (κ1) is 16.4. The highest BCUT2D eigenvalue weighted by Gasteiger charge is 2.32. The summed E-state index contributed by atoms with van der Waals surface area (Å²) in [5, 5.41) is 1.06. The van der Waals surface area contributed by atoms with Crippen LogP contribution >= 0.6 is 27.3 Å². The lowest BCUT2D eigenvalue weighted by Crippen LogP contribution is -2.13. The summed E-state index contributed by atoms with van der Waals surface area (Å²) in [7, 11) is 1.42. The second-order valence-electron chi connectivity index (χ2n) is 5.74. The van der Waals surface area contributed by atoms with Gasteiger partial charge in [-0.15, -0.1) is 11.3 Å². The molecule has 2 heterocycles. The molecule has 0 amide bonds. The number of methoxy groups -OCH3 is 1. The fourth-order valence-corrected chi connectivity index (χ4v) is 4.81. The van der Waals surface area contributed by atoms with E-state index in [1.54, 1.807) is 11.3 Å². The lowest BCUT2D eigenvalue weighted by molar-refractivity contribution is -0.136. The molecule has 0 saturated heterocycles. The van der Waals surface area contributed by atoms with E-state index in [0.717, 1.165) is 30.7 Å². The average Bonchev–Trinajstić information content (AvgIpc) is 2.87. The summed E-state index contributed by atoms with van der Waals surface area (Å²) in [6.45, 7) is 0.346. The number of hydrogen-bond donors (Lipinski definition) is 0. The number of esters is 1. The van der Waals surface area contributed by atoms with Crippen LogP contribution in [0.1, 0.15) is 16.4 Å². The topological polar surface area (TPSA) is 35.5 Å². The third kappa shape index (κ3) is 2.87. The molecule has 1 aliphatic heterocycles. The van der Waals surface area contributed by atoms with Gasteiger partial charge < -0.3 is 9.47 Å². The van der Waals surface area contributed by atoms with Gasteiger partial charge in [0.05, 0.1) is 17.9 Å². The predicted molar refractivity (Wildman–Crippen MR) is 103 cm³/mol. The fraction of sp³-hybridized carbons (Fsp3) is 0.150. The number of halogens is 1. The van der Waals surface area contributed by atoms with Gasteiger partial charge in [0.2, 0.25) is 0 Å². The number of carbonyl (C=O) groups excluding carboxylic acids is 1. The maximum Gasteiger partial charge on any atom is 0.334 e. The summed E-state index contributed by atoms with van der Waals surface area (Å²) >= 11 is 5.19. The van der Waals surface area contributed by atoms with Gasteiger partial charge in [0.15, 0.2) is 0 Å². The molecule has 0 saturated carbocycles. The highest BCUT2D eigenvalue weighted by Crippen LogP contribution is 2.48. The van der Waals surface area contributed by atoms with Crippen LogP contribution in [0.2, 0.25) is 0 Å². The Morgan fingerprint density at radius 1 is 1.24 bits per heavy atom. The maximum atomic E-state index is 12.4. The van der Waals surface area contributed by atoms with Crippen LogP contribution in [-0.4, -0.2) is 19.7 Å². The Morgan fingerprint density at radius 3 is 2.80 bits per heavy atom. The molecule has 126 valence electrons. The smallest absolute Gasteiger partial charge is 0.334 e. The Morgan fingerprint density at radius 2 is 2.04 bits per heavy atom. The van der Waals surface area contributed by atoms with E-state index in [-0.39, 0.29) is 11.9 Å². The number of carbonyl (C=O) groups is 1. The van der Waals surface area contributed by atoms with E-state index >= 15 is 0 Å². The quantitative estimate of drug-likeness (QED) is 0.534. The molecule has 2 aromatic carbocycles. The molecule has 0 spiro atoms. The molecular weight excluding hydrogens is 400 g/mol. The minimum absolute atomic E-state index is 0.192. The third-order valence-corrected chi connectivity index (χ3v) is 6.00. The van der Waals surface area contributed by atoms with Crippen molar-refractivity contribution in [3.63, 3.8) is 0 Å². The van der Waals surface area contributed by atoms with Gasteiger partial charge in [0.25, 0.3) is 0 Å². The van der Waals surface area contributed by atoms with Crippen LogP contribution in [0.4, 0.5) is 0 Å². The summed E-state index contributed by atoms with van der Waals surface area (Å²) in [5.41, 5.74) is 1.68. The van der Waals surface area contributed by atoms with Crippen molar-refractivity contribution in [2.75, 3.05) is 13.7 Å². The Kier molecular flexibility index (Phi) is 4.36. The van der Waals surface area contributed by atoms with Crippen molar-refractivity contribution in [2.24, 2.45) is 0 Å². The second kappa shape index (κ2) is 6.65. The van der Waals surface area contributed by atoms with E-state index in [1.807, 2.05) is 42.5 Å². The van der Waals surface area contributed by atoms with Crippen LogP contribution in [-0.2, 0) is 9.53 Å². The molecule has 0 fully saturated rings. The number of ether oxygens (including phenoxy) is 2. The van der Waals surface area contributed by atoms with Crippen molar-refractivity contribution < 1.29 is 14.3 Å². The van der Waals surface area contributed by atoms with Crippen LogP contribution in [0.25, 0.3) is 10.1 Å². The fourth-order valence-electron chi connectivity index (χ4n) is 3.17. The van der Waals surface area contributed by atoms with Crippen LogP contribution in [0.15, 0.2) is 64.7 Å². The number of rotatable bonds is 2. The van der Waals surface area contributed by atoms with Gasteiger partial charge in [-0.25, -0.2) is 4.79 Å². The molecule has 0 bridgehead atoms. The summed E-state index contributed by atoms with van der Waals surface area (Å²) in [6, 6.07) is 16.2. The molecule has 3 aromatic rings. The monoisotopic (exact) mass is 414 g/mol. The van der Waals surface area contributed by atoms with Crippen LogP contribution in [0.5, 0.6) is 5.75 Å². The van der Waals surface area contributed by atoms with Gasteiger partial charge >= 0.3 is 5.97 Å². The van der Waals surface area contributed by atoms with Crippen molar-refractivity contribution in [3.05, 3.63) is 75.1 Å². The zero-order valence-electron chi connectivity index (χ0n) is 13.5. The van der Waals surface area contributed by atoms with Gasteiger partial charge in [-0.05, 0) is 29.8 Å². The highest BCUT2D eigenvalue weighted by atomic mass is 79.9. The van der Waals surface area contributed by atoms with Crippen molar-refractivity contribution in [1.82, 2.24) is 0 Å². The zero-order valence-corrected chi connectivity index (χ0v) is 15.9. The van der Waals surface area contributed by atoms with E-state index < -0.39 is 0 Å². The van der Waals surface area contributed by atoms with Crippen LogP contribution in [0, 0.1) is 0 Å². The molecule has 0 N–H and O–H groups in total. The largest absolute Gasteiger partial charge is 0.488 e. The molecule has 4 rings (SSSR count). The van der Waals surface area contributed by atoms with E-state index in [2.05, 4.69) is 28.1 Å². The molecule has 1 aliphatic rings. The molecule has 0 aliphatic carbocycles. The van der Waals surface area contributed by atoms with Crippen molar-refractivity contribution in [1.29, 1.82) is 0 Å². The van der Waals surface area contributed by atoms with Gasteiger partial charge in [0, 0.05) is 20.1 Å². The first-order chi connectivity index (χ1) is 12.2. The van der Waals surface area contributed by atoms with E-state index in [4.69, 9.17) is 9.47 Å². The first-order valence-corrected chi connectivity index (χ1v) is 9.48. The lowest BCUT2D eigenvalue weighted by atomic mass is 9.89. The summed E-state index contributed by atoms with van der Waals surface area (Å²) in [4.78, 5) is 13.5. The molecule has 1 aromatic heterocycles. The Balaban J connectivity index is 1.98. The zero-order chi connectivity index (χ0) is 17.4. The predicted octanol–water partition coefficient (Wildman–Crippen LogP) is 5.29. The standard InChI is InChI=1S/C20H15BrO3S/c1-23-20(22)14-9-10-24-18-15-11-13(21)7-8-16(15)25-19(18)17(14)12-5-3-2-4-6-12/h2-9,11,17H,10H2,1H3/t17-/m1/s1. The van der Waals surface area contributed by atoms with E-state index in [0.29, 0.717) is 12.2 Å². The van der Waals surface area contributed by atoms with Gasteiger partial charge in [-0.3, -0.25) is 0 Å². The molecule has 25 heavy (non-hydrogen) atoms. The van der Waals surface area contributed by atoms with Crippen molar-refractivity contribution in [3.8, 4) is 5.75 Å². The number of thiophene rings is 1. The Hall–Kier alpha value is -2.11. The molecule has 0 unspecified atom stereocenters. The van der Waals surface area contributed by atoms with Crippen molar-refractivity contribution in [2.45, 2.75) is 5.92 Å². The number of fused-ring (bicyclic) bond motifs is 3. The second-order valence-corrected chi connectivity index (χ2v) is 7.74. The van der Waals surface area contributed by atoms with E-state index in [9.17, 15) is 4.79 Å². The Bertz CT molecular complexity index is 975. The highest BCUT2D eigenvalue weighted by molar-refractivity contribution is 9.10. The average molecular weight is 415 g/mol. The molecule has 0 radical (unpaired) electrons. The summed E-state index contributed by atoms with van der Waals surface area (Å²) in [5.74, 6) is 0.344. The van der Waals surface area contributed by atoms with Crippen LogP contribution in [0.3, 0.4) is 0 Å². The third-order valence-electron chi connectivity index (χ3n) is 4.29. The minimum Gasteiger partial charge on any atom is -0.488 e. The maximum absolute atomic E-state index is 12.4. The summed E-state index contributed by atoms with van der Waals surface area (Å²) < 4.78 is 13.2. The molecule has 3 nitrogen and oxygen atoms in total. The van der Waals surface area contributed by atoms with Crippen LogP contribution < -0.4 is 4.74 Å². The number of benzene rings is 2.